The van der Waals surface area contributed by atoms with E-state index in [0.717, 1.165) is 22.0 Å². The maximum absolute atomic E-state index is 12.7. The van der Waals surface area contributed by atoms with Crippen LogP contribution in [0.25, 0.3) is 10.8 Å². The summed E-state index contributed by atoms with van der Waals surface area (Å²) in [5.41, 5.74) is 1.87. The number of thiophene rings is 1. The lowest BCUT2D eigenvalue weighted by Crippen LogP contribution is -2.30. The molecule has 0 aliphatic heterocycles. The van der Waals surface area contributed by atoms with Crippen LogP contribution in [0, 0.1) is 0 Å². The molecule has 0 aliphatic rings. The number of benzene rings is 1. The van der Waals surface area contributed by atoms with Gasteiger partial charge in [0, 0.05) is 30.0 Å². The zero-order chi connectivity index (χ0) is 16.2. The summed E-state index contributed by atoms with van der Waals surface area (Å²) in [6.45, 7) is 0.681. The maximum atomic E-state index is 12.7. The van der Waals surface area contributed by atoms with Crippen LogP contribution in [-0.2, 0) is 4.79 Å². The van der Waals surface area contributed by atoms with Gasteiger partial charge in [-0.3, -0.25) is 9.78 Å². The SMILES string of the molecule is CN(C)CC(C(=O)Nc1ccc2cnccc2c1)c1ccsc1.Cl.Cl. The number of hydrogen-bond donors (Lipinski definition) is 1. The molecule has 1 atom stereocenters. The Bertz CT molecular complexity index is 809. The molecule has 134 valence electrons. The van der Waals surface area contributed by atoms with Gasteiger partial charge in [0.05, 0.1) is 5.92 Å². The number of pyridine rings is 1. The molecule has 1 amide bonds. The van der Waals surface area contributed by atoms with E-state index in [2.05, 4.69) is 10.3 Å². The van der Waals surface area contributed by atoms with Gasteiger partial charge in [0.1, 0.15) is 0 Å². The van der Waals surface area contributed by atoms with E-state index in [9.17, 15) is 4.79 Å². The molecular formula is C18H21Cl2N3OS. The molecule has 0 spiro atoms. The van der Waals surface area contributed by atoms with Gasteiger partial charge >= 0.3 is 0 Å². The zero-order valence-electron chi connectivity index (χ0n) is 14.0. The first-order chi connectivity index (χ1) is 11.1. The molecule has 1 aromatic carbocycles. The number of rotatable bonds is 5. The summed E-state index contributed by atoms with van der Waals surface area (Å²) >= 11 is 1.62. The van der Waals surface area contributed by atoms with Gasteiger partial charge in [-0.1, -0.05) is 6.07 Å². The molecule has 2 aromatic heterocycles. The molecule has 0 saturated carbocycles. The van der Waals surface area contributed by atoms with Gasteiger partial charge in [0.25, 0.3) is 0 Å². The summed E-state index contributed by atoms with van der Waals surface area (Å²) in [6, 6.07) is 9.84. The van der Waals surface area contributed by atoms with Gasteiger partial charge in [-0.2, -0.15) is 11.3 Å². The van der Waals surface area contributed by atoms with Crippen molar-refractivity contribution in [1.82, 2.24) is 9.88 Å². The molecule has 0 radical (unpaired) electrons. The third kappa shape index (κ3) is 5.41. The number of carbonyl (C=O) groups is 1. The van der Waals surface area contributed by atoms with Gasteiger partial charge in [0.2, 0.25) is 5.91 Å². The Balaban J connectivity index is 0.00000156. The smallest absolute Gasteiger partial charge is 0.233 e. The first kappa shape index (κ1) is 21.4. The number of carbonyl (C=O) groups excluding carboxylic acids is 1. The Morgan fingerprint density at radius 2 is 2.00 bits per heavy atom. The third-order valence-electron chi connectivity index (χ3n) is 3.72. The number of halogens is 2. The first-order valence-electron chi connectivity index (χ1n) is 7.45. The van der Waals surface area contributed by atoms with Gasteiger partial charge in [-0.05, 0) is 60.1 Å². The van der Waals surface area contributed by atoms with Crippen molar-refractivity contribution in [3.63, 3.8) is 0 Å². The van der Waals surface area contributed by atoms with Crippen LogP contribution in [0.15, 0.2) is 53.5 Å². The zero-order valence-corrected chi connectivity index (χ0v) is 16.5. The molecular weight excluding hydrogens is 377 g/mol. The Morgan fingerprint density at radius 3 is 2.68 bits per heavy atom. The van der Waals surface area contributed by atoms with E-state index in [1.165, 1.54) is 0 Å². The number of amides is 1. The van der Waals surface area contributed by atoms with Crippen LogP contribution in [0.2, 0.25) is 0 Å². The summed E-state index contributed by atoms with van der Waals surface area (Å²) in [7, 11) is 3.96. The van der Waals surface area contributed by atoms with Crippen molar-refractivity contribution in [2.24, 2.45) is 0 Å². The van der Waals surface area contributed by atoms with Crippen molar-refractivity contribution in [2.75, 3.05) is 26.0 Å². The molecule has 0 bridgehead atoms. The lowest BCUT2D eigenvalue weighted by Gasteiger charge is -2.20. The highest BCUT2D eigenvalue weighted by atomic mass is 35.5. The molecule has 25 heavy (non-hydrogen) atoms. The molecule has 7 heteroatoms. The fourth-order valence-electron chi connectivity index (χ4n) is 2.57. The molecule has 4 nitrogen and oxygen atoms in total. The topological polar surface area (TPSA) is 45.2 Å². The summed E-state index contributed by atoms with van der Waals surface area (Å²) in [5.74, 6) is -0.158. The van der Waals surface area contributed by atoms with Gasteiger partial charge < -0.3 is 10.2 Å². The largest absolute Gasteiger partial charge is 0.325 e. The van der Waals surface area contributed by atoms with Gasteiger partial charge in [-0.15, -0.1) is 24.8 Å². The molecule has 2 heterocycles. The number of aromatic nitrogens is 1. The standard InChI is InChI=1S/C18H19N3OS.2ClH/c1-21(2)11-17(15-6-8-23-12-15)18(22)20-16-4-3-14-10-19-7-5-13(14)9-16;;/h3-10,12,17H,11H2,1-2H3,(H,20,22);2*1H. The minimum absolute atomic E-state index is 0. The van der Waals surface area contributed by atoms with Crippen LogP contribution >= 0.6 is 36.2 Å². The number of fused-ring (bicyclic) bond motifs is 1. The Labute approximate surface area is 164 Å². The molecule has 3 rings (SSSR count). The molecule has 0 aliphatic carbocycles. The number of anilines is 1. The summed E-state index contributed by atoms with van der Waals surface area (Å²) < 4.78 is 0. The van der Waals surface area contributed by atoms with Crippen molar-refractivity contribution < 1.29 is 4.79 Å². The average Bonchev–Trinajstić information content (AvgIpc) is 3.06. The van der Waals surface area contributed by atoms with Crippen molar-refractivity contribution in [2.45, 2.75) is 5.92 Å². The Morgan fingerprint density at radius 1 is 1.20 bits per heavy atom. The van der Waals surface area contributed by atoms with Crippen LogP contribution in [0.1, 0.15) is 11.5 Å². The molecule has 1 unspecified atom stereocenters. The fraction of sp³-hybridized carbons (Fsp3) is 0.222. The van der Waals surface area contributed by atoms with Gasteiger partial charge in [0.15, 0.2) is 0 Å². The van der Waals surface area contributed by atoms with Crippen LogP contribution in [0.4, 0.5) is 5.69 Å². The minimum Gasteiger partial charge on any atom is -0.325 e. The minimum atomic E-state index is -0.176. The van der Waals surface area contributed by atoms with E-state index in [1.807, 2.05) is 66.3 Å². The van der Waals surface area contributed by atoms with Crippen molar-refractivity contribution in [3.8, 4) is 0 Å². The van der Waals surface area contributed by atoms with E-state index in [-0.39, 0.29) is 36.6 Å². The predicted octanol–water partition coefficient (Wildman–Crippen LogP) is 4.42. The number of nitrogens with zero attached hydrogens (tertiary/aromatic N) is 2. The second kappa shape index (κ2) is 9.73. The predicted molar refractivity (Wildman–Crippen MR) is 110 cm³/mol. The van der Waals surface area contributed by atoms with E-state index >= 15 is 0 Å². The van der Waals surface area contributed by atoms with Crippen LogP contribution in [-0.4, -0.2) is 36.4 Å². The van der Waals surface area contributed by atoms with E-state index in [1.54, 1.807) is 17.5 Å². The fourth-order valence-corrected chi connectivity index (χ4v) is 3.28. The number of likely N-dealkylation sites (N-methyl/N-ethyl adjacent to an activating group) is 1. The second-order valence-electron chi connectivity index (χ2n) is 5.80. The Kier molecular flexibility index (Phi) is 8.32. The quantitative estimate of drug-likeness (QED) is 0.692. The van der Waals surface area contributed by atoms with Crippen LogP contribution in [0.5, 0.6) is 0 Å². The average molecular weight is 398 g/mol. The monoisotopic (exact) mass is 397 g/mol. The van der Waals surface area contributed by atoms with Crippen LogP contribution < -0.4 is 5.32 Å². The van der Waals surface area contributed by atoms with Gasteiger partial charge in [-0.25, -0.2) is 0 Å². The molecule has 1 N–H and O–H groups in total. The Hall–Kier alpha value is -1.66. The highest BCUT2D eigenvalue weighted by Gasteiger charge is 2.22. The molecule has 0 fully saturated rings. The first-order valence-corrected chi connectivity index (χ1v) is 8.39. The maximum Gasteiger partial charge on any atom is 0.233 e. The second-order valence-corrected chi connectivity index (χ2v) is 6.58. The van der Waals surface area contributed by atoms with E-state index < -0.39 is 0 Å². The molecule has 0 saturated heterocycles. The van der Waals surface area contributed by atoms with Crippen LogP contribution in [0.3, 0.4) is 0 Å². The van der Waals surface area contributed by atoms with Crippen molar-refractivity contribution >= 4 is 58.5 Å². The van der Waals surface area contributed by atoms with Crippen molar-refractivity contribution in [3.05, 3.63) is 59.0 Å². The molecule has 3 aromatic rings. The summed E-state index contributed by atoms with van der Waals surface area (Å²) in [4.78, 5) is 18.9. The highest BCUT2D eigenvalue weighted by Crippen LogP contribution is 2.23. The normalized spacial score (nSPS) is 11.5. The highest BCUT2D eigenvalue weighted by molar-refractivity contribution is 7.08. The van der Waals surface area contributed by atoms with Crippen molar-refractivity contribution in [1.29, 1.82) is 0 Å². The third-order valence-corrected chi connectivity index (χ3v) is 4.42. The van der Waals surface area contributed by atoms with E-state index in [0.29, 0.717) is 6.54 Å². The van der Waals surface area contributed by atoms with E-state index in [4.69, 9.17) is 0 Å². The summed E-state index contributed by atoms with van der Waals surface area (Å²) in [6.07, 6.45) is 3.58. The summed E-state index contributed by atoms with van der Waals surface area (Å²) in [5, 5.41) is 9.23. The lowest BCUT2D eigenvalue weighted by atomic mass is 10.0. The number of nitrogens with one attached hydrogen (secondary N) is 1. The number of hydrogen-bond acceptors (Lipinski definition) is 4. The lowest BCUT2D eigenvalue weighted by molar-refractivity contribution is -0.117.